The van der Waals surface area contributed by atoms with Crippen LogP contribution in [-0.2, 0) is 9.47 Å². The van der Waals surface area contributed by atoms with Crippen LogP contribution in [-0.4, -0.2) is 25.0 Å². The number of hydrogen-bond acceptors (Lipinski definition) is 4. The fraction of sp³-hybridized carbons (Fsp3) is 0.250. The fourth-order valence-corrected chi connectivity index (χ4v) is 1.31. The minimum Gasteiger partial charge on any atom is -0.506 e. The summed E-state index contributed by atoms with van der Waals surface area (Å²) >= 11 is 0. The number of carbonyl (C=O) groups is 1. The molecule has 0 aromatic heterocycles. The van der Waals surface area contributed by atoms with Gasteiger partial charge in [-0.2, -0.15) is 0 Å². The summed E-state index contributed by atoms with van der Waals surface area (Å²) in [4.78, 5) is 11.5. The second kappa shape index (κ2) is 5.32. The molecule has 86 valence electrons. The highest BCUT2D eigenvalue weighted by Gasteiger charge is 2.15. The van der Waals surface area contributed by atoms with Crippen LogP contribution in [0.15, 0.2) is 18.7 Å². The van der Waals surface area contributed by atoms with Crippen molar-refractivity contribution in [1.29, 1.82) is 0 Å². The smallest absolute Gasteiger partial charge is 0.344 e. The predicted molar refractivity (Wildman–Crippen MR) is 60.2 cm³/mol. The minimum atomic E-state index is -0.619. The van der Waals surface area contributed by atoms with E-state index in [1.807, 2.05) is 6.92 Å². The zero-order valence-corrected chi connectivity index (χ0v) is 9.32. The van der Waals surface area contributed by atoms with Crippen LogP contribution < -0.4 is 0 Å². The van der Waals surface area contributed by atoms with Crippen LogP contribution in [0.3, 0.4) is 0 Å². The van der Waals surface area contributed by atoms with Crippen LogP contribution in [0.1, 0.15) is 21.5 Å². The zero-order valence-electron chi connectivity index (χ0n) is 9.32. The van der Waals surface area contributed by atoms with Crippen LogP contribution in [0.2, 0.25) is 0 Å². The van der Waals surface area contributed by atoms with Gasteiger partial charge in [0.05, 0.1) is 0 Å². The molecule has 0 bridgehead atoms. The molecule has 0 saturated carbocycles. The highest BCUT2D eigenvalue weighted by Crippen LogP contribution is 2.26. The van der Waals surface area contributed by atoms with E-state index in [-0.39, 0.29) is 18.1 Å². The van der Waals surface area contributed by atoms with Gasteiger partial charge >= 0.3 is 5.97 Å². The van der Waals surface area contributed by atoms with Gasteiger partial charge in [-0.1, -0.05) is 12.7 Å². The average Bonchev–Trinajstić information content (AvgIpc) is 2.28. The Bertz CT molecular complexity index is 410. The van der Waals surface area contributed by atoms with Crippen molar-refractivity contribution >= 4 is 12.0 Å². The molecular weight excluding hydrogens is 208 g/mol. The Labute approximate surface area is 94.1 Å². The summed E-state index contributed by atoms with van der Waals surface area (Å²) in [5.41, 5.74) is 1.47. The first kappa shape index (κ1) is 12.3. The number of esters is 1. The summed E-state index contributed by atoms with van der Waals surface area (Å²) in [6, 6.07) is 3.29. The molecule has 0 unspecified atom stereocenters. The molecule has 4 heteroatoms. The number of phenolic OH excluding ortho intramolecular Hbond substituents is 1. The SMILES string of the molecule is C=Cc1cc(C)cc(C(=O)OCOC)c1O. The van der Waals surface area contributed by atoms with E-state index < -0.39 is 5.97 Å². The van der Waals surface area contributed by atoms with E-state index in [1.54, 1.807) is 12.1 Å². The second-order valence-electron chi connectivity index (χ2n) is 3.29. The van der Waals surface area contributed by atoms with Crippen molar-refractivity contribution in [3.8, 4) is 5.75 Å². The van der Waals surface area contributed by atoms with Gasteiger partial charge in [0.15, 0.2) is 6.79 Å². The Morgan fingerprint density at radius 2 is 2.25 bits per heavy atom. The molecule has 0 spiro atoms. The third-order valence-electron chi connectivity index (χ3n) is 2.03. The van der Waals surface area contributed by atoms with Crippen LogP contribution in [0, 0.1) is 6.92 Å². The van der Waals surface area contributed by atoms with Gasteiger partial charge in [-0.25, -0.2) is 4.79 Å². The maximum Gasteiger partial charge on any atom is 0.344 e. The topological polar surface area (TPSA) is 55.8 Å². The van der Waals surface area contributed by atoms with Crippen molar-refractivity contribution in [2.24, 2.45) is 0 Å². The van der Waals surface area contributed by atoms with Gasteiger partial charge in [0.25, 0.3) is 0 Å². The van der Waals surface area contributed by atoms with E-state index in [2.05, 4.69) is 11.3 Å². The molecular formula is C12H14O4. The zero-order chi connectivity index (χ0) is 12.1. The number of carbonyl (C=O) groups excluding carboxylic acids is 1. The lowest BCUT2D eigenvalue weighted by atomic mass is 10.0. The van der Waals surface area contributed by atoms with Gasteiger partial charge in [0.1, 0.15) is 11.3 Å². The number of rotatable bonds is 4. The molecule has 1 aromatic carbocycles. The molecule has 0 aliphatic heterocycles. The quantitative estimate of drug-likeness (QED) is 0.626. The third kappa shape index (κ3) is 2.61. The molecule has 0 aliphatic rings. The Morgan fingerprint density at radius 1 is 1.56 bits per heavy atom. The second-order valence-corrected chi connectivity index (χ2v) is 3.29. The lowest BCUT2D eigenvalue weighted by molar-refractivity contribution is -0.0127. The maximum atomic E-state index is 11.5. The van der Waals surface area contributed by atoms with Gasteiger partial charge < -0.3 is 14.6 Å². The van der Waals surface area contributed by atoms with Gasteiger partial charge in [-0.3, -0.25) is 0 Å². The largest absolute Gasteiger partial charge is 0.506 e. The number of hydrogen-bond donors (Lipinski definition) is 1. The monoisotopic (exact) mass is 222 g/mol. The molecule has 0 saturated heterocycles. The molecule has 0 radical (unpaired) electrons. The van der Waals surface area contributed by atoms with Gasteiger partial charge in [0.2, 0.25) is 0 Å². The van der Waals surface area contributed by atoms with Gasteiger partial charge in [-0.15, -0.1) is 0 Å². The number of aromatic hydroxyl groups is 1. The molecule has 1 aromatic rings. The molecule has 4 nitrogen and oxygen atoms in total. The Kier molecular flexibility index (Phi) is 4.08. The number of phenols is 1. The number of aryl methyl sites for hydroxylation is 1. The summed E-state index contributed by atoms with van der Waals surface area (Å²) in [5, 5.41) is 9.77. The Balaban J connectivity index is 3.07. The maximum absolute atomic E-state index is 11.5. The number of ether oxygens (including phenoxy) is 2. The highest BCUT2D eigenvalue weighted by molar-refractivity contribution is 5.94. The van der Waals surface area contributed by atoms with E-state index in [1.165, 1.54) is 13.2 Å². The van der Waals surface area contributed by atoms with Crippen LogP contribution >= 0.6 is 0 Å². The molecule has 1 rings (SSSR count). The molecule has 0 heterocycles. The molecule has 0 fully saturated rings. The Morgan fingerprint density at radius 3 is 2.81 bits per heavy atom. The fourth-order valence-electron chi connectivity index (χ4n) is 1.31. The van der Waals surface area contributed by atoms with Crippen molar-refractivity contribution in [2.75, 3.05) is 13.9 Å². The molecule has 0 amide bonds. The van der Waals surface area contributed by atoms with E-state index in [4.69, 9.17) is 4.74 Å². The van der Waals surface area contributed by atoms with Gasteiger partial charge in [0, 0.05) is 12.7 Å². The summed E-state index contributed by atoms with van der Waals surface area (Å²) < 4.78 is 9.37. The minimum absolute atomic E-state index is 0.118. The molecule has 0 aliphatic carbocycles. The first-order chi connectivity index (χ1) is 7.60. The summed E-state index contributed by atoms with van der Waals surface area (Å²) in [5.74, 6) is -0.743. The van der Waals surface area contributed by atoms with Crippen molar-refractivity contribution < 1.29 is 19.4 Å². The van der Waals surface area contributed by atoms with Crippen LogP contribution in [0.25, 0.3) is 6.08 Å². The Hall–Kier alpha value is -1.81. The summed E-state index contributed by atoms with van der Waals surface area (Å²) in [7, 11) is 1.42. The highest BCUT2D eigenvalue weighted by atomic mass is 16.7. The van der Waals surface area contributed by atoms with E-state index >= 15 is 0 Å². The molecule has 16 heavy (non-hydrogen) atoms. The van der Waals surface area contributed by atoms with E-state index in [9.17, 15) is 9.90 Å². The standard InChI is InChI=1S/C12H14O4/c1-4-9-5-8(2)6-10(11(9)13)12(14)16-7-15-3/h4-6,13H,1,7H2,2-3H3. The van der Waals surface area contributed by atoms with Gasteiger partial charge in [-0.05, 0) is 24.6 Å². The lowest BCUT2D eigenvalue weighted by Gasteiger charge is -2.08. The number of methoxy groups -OCH3 is 1. The van der Waals surface area contributed by atoms with Crippen LogP contribution in [0.5, 0.6) is 5.75 Å². The molecule has 0 atom stereocenters. The summed E-state index contributed by atoms with van der Waals surface area (Å²) in [6.45, 7) is 5.23. The first-order valence-corrected chi connectivity index (χ1v) is 4.72. The van der Waals surface area contributed by atoms with Crippen molar-refractivity contribution in [1.82, 2.24) is 0 Å². The average molecular weight is 222 g/mol. The van der Waals surface area contributed by atoms with Crippen molar-refractivity contribution in [2.45, 2.75) is 6.92 Å². The predicted octanol–water partition coefficient (Wildman–Crippen LogP) is 2.10. The normalized spacial score (nSPS) is 9.88. The summed E-state index contributed by atoms with van der Waals surface area (Å²) in [6.07, 6.45) is 1.48. The van der Waals surface area contributed by atoms with Crippen LogP contribution in [0.4, 0.5) is 0 Å². The molecule has 1 N–H and O–H groups in total. The van der Waals surface area contributed by atoms with E-state index in [0.29, 0.717) is 5.56 Å². The van der Waals surface area contributed by atoms with Crippen molar-refractivity contribution in [3.63, 3.8) is 0 Å². The third-order valence-corrected chi connectivity index (χ3v) is 2.03. The number of benzene rings is 1. The lowest BCUT2D eigenvalue weighted by Crippen LogP contribution is -2.08. The first-order valence-electron chi connectivity index (χ1n) is 4.72. The van der Waals surface area contributed by atoms with E-state index in [0.717, 1.165) is 5.56 Å². The van der Waals surface area contributed by atoms with Crippen molar-refractivity contribution in [3.05, 3.63) is 35.4 Å².